The van der Waals surface area contributed by atoms with Crippen LogP contribution in [-0.4, -0.2) is 16.2 Å². The maximum absolute atomic E-state index is 13.1. The van der Waals surface area contributed by atoms with Crippen molar-refractivity contribution in [3.05, 3.63) is 80.1 Å². The summed E-state index contributed by atoms with van der Waals surface area (Å²) in [5.41, 5.74) is 4.22. The highest BCUT2D eigenvalue weighted by molar-refractivity contribution is 9.10. The zero-order valence-corrected chi connectivity index (χ0v) is 18.0. The van der Waals surface area contributed by atoms with E-state index in [-0.39, 0.29) is 5.56 Å². The number of hydrogen-bond donors (Lipinski definition) is 0. The molecule has 142 valence electrons. The number of halogens is 1. The number of rotatable bonds is 5. The third kappa shape index (κ3) is 3.88. The fourth-order valence-electron chi connectivity index (χ4n) is 3.25. The Morgan fingerprint density at radius 1 is 1.11 bits per heavy atom. The third-order valence-corrected chi connectivity index (χ3v) is 5.93. The minimum atomic E-state index is -0.0341. The number of thiophene rings is 1. The molecule has 4 rings (SSSR count). The van der Waals surface area contributed by atoms with Gasteiger partial charge in [0.2, 0.25) is 0 Å². The Morgan fingerprint density at radius 2 is 1.82 bits per heavy atom. The second-order valence-corrected chi connectivity index (χ2v) is 8.53. The molecule has 0 saturated carbocycles. The minimum Gasteiger partial charge on any atom is -0.492 e. The molecule has 6 heteroatoms. The van der Waals surface area contributed by atoms with Crippen LogP contribution >= 0.6 is 27.3 Å². The Bertz CT molecular complexity index is 1180. The average Bonchev–Trinajstić information content (AvgIpc) is 3.08. The van der Waals surface area contributed by atoms with Gasteiger partial charge < -0.3 is 4.74 Å². The van der Waals surface area contributed by atoms with Crippen molar-refractivity contribution in [2.75, 3.05) is 6.61 Å². The zero-order chi connectivity index (χ0) is 19.7. The predicted octanol–water partition coefficient (Wildman–Crippen LogP) is 5.58. The number of ether oxygens (including phenoxy) is 1. The molecule has 0 unspecified atom stereocenters. The third-order valence-electron chi connectivity index (χ3n) is 4.51. The van der Waals surface area contributed by atoms with Crippen LogP contribution in [-0.2, 0) is 6.54 Å². The lowest BCUT2D eigenvalue weighted by Gasteiger charge is -2.10. The van der Waals surface area contributed by atoms with Crippen LogP contribution in [0.3, 0.4) is 0 Å². The minimum absolute atomic E-state index is 0.0341. The topological polar surface area (TPSA) is 44.1 Å². The van der Waals surface area contributed by atoms with E-state index in [0.29, 0.717) is 18.5 Å². The first-order valence-electron chi connectivity index (χ1n) is 8.95. The van der Waals surface area contributed by atoms with Crippen LogP contribution in [0.1, 0.15) is 11.1 Å². The summed E-state index contributed by atoms with van der Waals surface area (Å²) in [4.78, 5) is 18.3. The van der Waals surface area contributed by atoms with Gasteiger partial charge in [0, 0.05) is 15.4 Å². The average molecular weight is 455 g/mol. The highest BCUT2D eigenvalue weighted by atomic mass is 79.9. The summed E-state index contributed by atoms with van der Waals surface area (Å²) >= 11 is 4.94. The molecule has 0 saturated heterocycles. The van der Waals surface area contributed by atoms with Gasteiger partial charge in [0.05, 0.1) is 18.3 Å². The molecule has 2 aromatic carbocycles. The quantitative estimate of drug-likeness (QED) is 0.395. The monoisotopic (exact) mass is 454 g/mol. The molecular formula is C22H19BrN2O2S. The molecule has 2 heterocycles. The molecule has 0 aliphatic rings. The van der Waals surface area contributed by atoms with E-state index in [9.17, 15) is 4.79 Å². The number of hydrogen-bond acceptors (Lipinski definition) is 4. The van der Waals surface area contributed by atoms with Gasteiger partial charge in [-0.25, -0.2) is 4.98 Å². The predicted molar refractivity (Wildman–Crippen MR) is 118 cm³/mol. The summed E-state index contributed by atoms with van der Waals surface area (Å²) in [5, 5.41) is 2.67. The SMILES string of the molecule is Cc1cc(C)cc(OCCn2cnc3scc(-c4ccc(Br)cc4)c3c2=O)c1. The van der Waals surface area contributed by atoms with Gasteiger partial charge in [0.1, 0.15) is 17.2 Å². The van der Waals surface area contributed by atoms with Crippen molar-refractivity contribution in [2.45, 2.75) is 20.4 Å². The summed E-state index contributed by atoms with van der Waals surface area (Å²) < 4.78 is 8.49. The van der Waals surface area contributed by atoms with Crippen LogP contribution in [0.2, 0.25) is 0 Å². The molecule has 0 N–H and O–H groups in total. The molecule has 0 radical (unpaired) electrons. The lowest BCUT2D eigenvalue weighted by atomic mass is 10.1. The van der Waals surface area contributed by atoms with Gasteiger partial charge >= 0.3 is 0 Å². The summed E-state index contributed by atoms with van der Waals surface area (Å²) in [6, 6.07) is 14.1. The number of fused-ring (bicyclic) bond motifs is 1. The van der Waals surface area contributed by atoms with Gasteiger partial charge in [0.25, 0.3) is 5.56 Å². The maximum atomic E-state index is 13.1. The molecule has 4 aromatic rings. The Morgan fingerprint density at radius 3 is 2.54 bits per heavy atom. The van der Waals surface area contributed by atoms with Crippen molar-refractivity contribution in [1.29, 1.82) is 0 Å². The Balaban J connectivity index is 1.60. The smallest absolute Gasteiger partial charge is 0.262 e. The normalized spacial score (nSPS) is 11.1. The number of nitrogens with zero attached hydrogens (tertiary/aromatic N) is 2. The van der Waals surface area contributed by atoms with Crippen LogP contribution in [0, 0.1) is 13.8 Å². The van der Waals surface area contributed by atoms with E-state index in [1.807, 2.05) is 55.6 Å². The molecule has 4 nitrogen and oxygen atoms in total. The second-order valence-electron chi connectivity index (χ2n) is 6.75. The van der Waals surface area contributed by atoms with Crippen molar-refractivity contribution in [2.24, 2.45) is 0 Å². The Kier molecular flexibility index (Phi) is 5.33. The summed E-state index contributed by atoms with van der Waals surface area (Å²) in [6.07, 6.45) is 1.61. The van der Waals surface area contributed by atoms with Crippen LogP contribution in [0.5, 0.6) is 5.75 Å². The Hall–Kier alpha value is -2.44. The number of aryl methyl sites for hydroxylation is 2. The van der Waals surface area contributed by atoms with Crippen LogP contribution in [0.25, 0.3) is 21.3 Å². The molecule has 0 spiro atoms. The second kappa shape index (κ2) is 7.89. The van der Waals surface area contributed by atoms with E-state index in [4.69, 9.17) is 4.74 Å². The first-order chi connectivity index (χ1) is 13.5. The first-order valence-corrected chi connectivity index (χ1v) is 10.6. The molecular weight excluding hydrogens is 436 g/mol. The molecule has 0 atom stereocenters. The van der Waals surface area contributed by atoms with E-state index in [1.165, 1.54) is 11.3 Å². The van der Waals surface area contributed by atoms with Crippen LogP contribution in [0.15, 0.2) is 63.4 Å². The molecule has 0 amide bonds. The van der Waals surface area contributed by atoms with Gasteiger partial charge in [-0.1, -0.05) is 34.1 Å². The van der Waals surface area contributed by atoms with E-state index in [2.05, 4.69) is 27.0 Å². The highest BCUT2D eigenvalue weighted by Crippen LogP contribution is 2.31. The van der Waals surface area contributed by atoms with Crippen LogP contribution < -0.4 is 10.3 Å². The van der Waals surface area contributed by atoms with Gasteiger partial charge in [-0.2, -0.15) is 0 Å². The van der Waals surface area contributed by atoms with Crippen molar-refractivity contribution in [1.82, 2.24) is 9.55 Å². The van der Waals surface area contributed by atoms with Gasteiger partial charge in [-0.3, -0.25) is 9.36 Å². The number of benzene rings is 2. The molecule has 0 aliphatic carbocycles. The van der Waals surface area contributed by atoms with Crippen molar-refractivity contribution < 1.29 is 4.74 Å². The molecule has 0 fully saturated rings. The molecule has 0 aliphatic heterocycles. The van der Waals surface area contributed by atoms with E-state index in [0.717, 1.165) is 37.3 Å². The molecule has 28 heavy (non-hydrogen) atoms. The fraction of sp³-hybridized carbons (Fsp3) is 0.182. The molecule has 0 bridgehead atoms. The first kappa shape index (κ1) is 18.9. The summed E-state index contributed by atoms with van der Waals surface area (Å²) in [6.45, 7) is 4.95. The highest BCUT2D eigenvalue weighted by Gasteiger charge is 2.13. The summed E-state index contributed by atoms with van der Waals surface area (Å²) in [7, 11) is 0. The largest absolute Gasteiger partial charge is 0.492 e. The lowest BCUT2D eigenvalue weighted by molar-refractivity contribution is 0.295. The van der Waals surface area contributed by atoms with Crippen molar-refractivity contribution in [3.8, 4) is 16.9 Å². The van der Waals surface area contributed by atoms with E-state index >= 15 is 0 Å². The maximum Gasteiger partial charge on any atom is 0.262 e. The van der Waals surface area contributed by atoms with Crippen LogP contribution in [0.4, 0.5) is 0 Å². The lowest BCUT2D eigenvalue weighted by Crippen LogP contribution is -2.23. The Labute approximate surface area is 175 Å². The fourth-order valence-corrected chi connectivity index (χ4v) is 4.42. The van der Waals surface area contributed by atoms with Crippen molar-refractivity contribution >= 4 is 37.5 Å². The van der Waals surface area contributed by atoms with Gasteiger partial charge in [0.15, 0.2) is 0 Å². The zero-order valence-electron chi connectivity index (χ0n) is 15.6. The standard InChI is InChI=1S/C22H19BrN2O2S/c1-14-9-15(2)11-18(10-14)27-8-7-25-13-24-21-20(22(25)26)19(12-28-21)16-3-5-17(23)6-4-16/h3-6,9-13H,7-8H2,1-2H3. The van der Waals surface area contributed by atoms with Gasteiger partial charge in [-0.15, -0.1) is 11.3 Å². The molecule has 2 aromatic heterocycles. The van der Waals surface area contributed by atoms with E-state index in [1.54, 1.807) is 10.9 Å². The summed E-state index contributed by atoms with van der Waals surface area (Å²) in [5.74, 6) is 0.825. The van der Waals surface area contributed by atoms with Crippen molar-refractivity contribution in [3.63, 3.8) is 0 Å². The number of aromatic nitrogens is 2. The van der Waals surface area contributed by atoms with Gasteiger partial charge in [-0.05, 0) is 54.8 Å². The van der Waals surface area contributed by atoms with E-state index < -0.39 is 0 Å².